The van der Waals surface area contributed by atoms with Gasteiger partial charge >= 0.3 is 0 Å². The summed E-state index contributed by atoms with van der Waals surface area (Å²) in [7, 11) is 0. The smallest absolute Gasteiger partial charge is 0.119 e. The van der Waals surface area contributed by atoms with E-state index in [9.17, 15) is 0 Å². The average Bonchev–Trinajstić information content (AvgIpc) is 2.27. The van der Waals surface area contributed by atoms with Gasteiger partial charge in [-0.05, 0) is 31.5 Å². The second-order valence-corrected chi connectivity index (χ2v) is 3.92. The number of benzene rings is 1. The molecule has 84 valence electrons. The minimum absolute atomic E-state index is 0.144. The van der Waals surface area contributed by atoms with Gasteiger partial charge in [-0.3, -0.25) is 0 Å². The molecule has 0 aliphatic carbocycles. The molecule has 3 heteroatoms. The van der Waals surface area contributed by atoms with Gasteiger partial charge in [-0.1, -0.05) is 28.1 Å². The van der Waals surface area contributed by atoms with Gasteiger partial charge < -0.3 is 9.47 Å². The van der Waals surface area contributed by atoms with E-state index in [1.165, 1.54) is 5.56 Å². The van der Waals surface area contributed by atoms with Gasteiger partial charge in [-0.25, -0.2) is 0 Å². The summed E-state index contributed by atoms with van der Waals surface area (Å²) in [4.78, 5) is 0. The quantitative estimate of drug-likeness (QED) is 0.740. The topological polar surface area (TPSA) is 18.5 Å². The fraction of sp³-hybridized carbons (Fsp3) is 0.500. The molecule has 0 N–H and O–H groups in total. The Bertz CT molecular complexity index is 271. The molecule has 0 saturated carbocycles. The Hall–Kier alpha value is -0.540. The number of hydrogen-bond donors (Lipinski definition) is 0. The molecule has 0 aromatic heterocycles. The standard InChI is InChI=1S/C12H17BrO2/c1-3-14-10(2)9-15-12-6-4-11(8-13)5-7-12/h4-7,10H,3,8-9H2,1-2H3. The lowest BCUT2D eigenvalue weighted by atomic mass is 10.2. The van der Waals surface area contributed by atoms with Crippen LogP contribution < -0.4 is 4.74 Å². The monoisotopic (exact) mass is 272 g/mol. The van der Waals surface area contributed by atoms with Crippen molar-refractivity contribution in [3.63, 3.8) is 0 Å². The molecular formula is C12H17BrO2. The average molecular weight is 273 g/mol. The minimum atomic E-state index is 0.144. The van der Waals surface area contributed by atoms with Crippen molar-refractivity contribution in [3.8, 4) is 5.75 Å². The normalized spacial score (nSPS) is 12.5. The van der Waals surface area contributed by atoms with E-state index in [1.54, 1.807) is 0 Å². The molecule has 0 heterocycles. The molecule has 1 aromatic carbocycles. The highest BCUT2D eigenvalue weighted by Gasteiger charge is 2.01. The van der Waals surface area contributed by atoms with E-state index in [0.29, 0.717) is 6.61 Å². The summed E-state index contributed by atoms with van der Waals surface area (Å²) in [5.41, 5.74) is 1.25. The summed E-state index contributed by atoms with van der Waals surface area (Å²) < 4.78 is 11.0. The van der Waals surface area contributed by atoms with Crippen molar-refractivity contribution in [2.45, 2.75) is 25.3 Å². The van der Waals surface area contributed by atoms with Crippen LogP contribution in [-0.2, 0) is 10.1 Å². The highest BCUT2D eigenvalue weighted by atomic mass is 79.9. The first-order valence-electron chi connectivity index (χ1n) is 5.15. The summed E-state index contributed by atoms with van der Waals surface area (Å²) in [6.07, 6.45) is 0.144. The molecule has 0 fully saturated rings. The van der Waals surface area contributed by atoms with Gasteiger partial charge in [0.2, 0.25) is 0 Å². The summed E-state index contributed by atoms with van der Waals surface area (Å²) >= 11 is 3.40. The fourth-order valence-electron chi connectivity index (χ4n) is 1.22. The summed E-state index contributed by atoms with van der Waals surface area (Å²) in [6.45, 7) is 5.33. The van der Waals surface area contributed by atoms with Crippen molar-refractivity contribution in [3.05, 3.63) is 29.8 Å². The summed E-state index contributed by atoms with van der Waals surface area (Å²) in [6, 6.07) is 8.06. The van der Waals surface area contributed by atoms with E-state index in [4.69, 9.17) is 9.47 Å². The molecule has 0 aliphatic heterocycles. The zero-order valence-corrected chi connectivity index (χ0v) is 10.8. The number of hydrogen-bond acceptors (Lipinski definition) is 2. The highest BCUT2D eigenvalue weighted by molar-refractivity contribution is 9.08. The third kappa shape index (κ3) is 4.67. The van der Waals surface area contributed by atoms with Gasteiger partial charge in [0.15, 0.2) is 0 Å². The third-order valence-electron chi connectivity index (χ3n) is 2.01. The number of ether oxygens (including phenoxy) is 2. The van der Waals surface area contributed by atoms with Crippen LogP contribution in [0.2, 0.25) is 0 Å². The van der Waals surface area contributed by atoms with Gasteiger partial charge in [0, 0.05) is 11.9 Å². The highest BCUT2D eigenvalue weighted by Crippen LogP contribution is 2.14. The van der Waals surface area contributed by atoms with Crippen LogP contribution in [0.4, 0.5) is 0 Å². The Kier molecular flexibility index (Phi) is 5.73. The van der Waals surface area contributed by atoms with Crippen LogP contribution in [0.25, 0.3) is 0 Å². The molecule has 1 atom stereocenters. The molecule has 0 spiro atoms. The van der Waals surface area contributed by atoms with Crippen molar-refractivity contribution in [1.82, 2.24) is 0 Å². The summed E-state index contributed by atoms with van der Waals surface area (Å²) in [5.74, 6) is 0.895. The number of alkyl halides is 1. The lowest BCUT2D eigenvalue weighted by Gasteiger charge is -2.13. The third-order valence-corrected chi connectivity index (χ3v) is 2.66. The fourth-order valence-corrected chi connectivity index (χ4v) is 1.59. The van der Waals surface area contributed by atoms with Crippen LogP contribution >= 0.6 is 15.9 Å². The molecule has 1 unspecified atom stereocenters. The predicted octanol–water partition coefficient (Wildman–Crippen LogP) is 3.39. The van der Waals surface area contributed by atoms with Crippen molar-refractivity contribution in [1.29, 1.82) is 0 Å². The van der Waals surface area contributed by atoms with Gasteiger partial charge in [0.1, 0.15) is 12.4 Å². The van der Waals surface area contributed by atoms with Crippen LogP contribution in [0.5, 0.6) is 5.75 Å². The molecule has 1 aromatic rings. The van der Waals surface area contributed by atoms with E-state index < -0.39 is 0 Å². The Balaban J connectivity index is 2.37. The number of rotatable bonds is 6. The van der Waals surface area contributed by atoms with Crippen LogP contribution in [-0.4, -0.2) is 19.3 Å². The molecule has 2 nitrogen and oxygen atoms in total. The SMILES string of the molecule is CCOC(C)COc1ccc(CBr)cc1. The van der Waals surface area contributed by atoms with Crippen LogP contribution in [0.3, 0.4) is 0 Å². The van der Waals surface area contributed by atoms with Crippen LogP contribution in [0.15, 0.2) is 24.3 Å². The molecule has 15 heavy (non-hydrogen) atoms. The largest absolute Gasteiger partial charge is 0.491 e. The van der Waals surface area contributed by atoms with E-state index in [1.807, 2.05) is 26.0 Å². The van der Waals surface area contributed by atoms with Gasteiger partial charge in [0.25, 0.3) is 0 Å². The Morgan fingerprint density at radius 1 is 1.27 bits per heavy atom. The van der Waals surface area contributed by atoms with Gasteiger partial charge in [0.05, 0.1) is 6.10 Å². The van der Waals surface area contributed by atoms with Crippen LogP contribution in [0.1, 0.15) is 19.4 Å². The molecule has 1 rings (SSSR count). The van der Waals surface area contributed by atoms with E-state index in [-0.39, 0.29) is 6.10 Å². The van der Waals surface area contributed by atoms with E-state index in [0.717, 1.165) is 17.7 Å². The Morgan fingerprint density at radius 2 is 1.93 bits per heavy atom. The van der Waals surface area contributed by atoms with E-state index >= 15 is 0 Å². The van der Waals surface area contributed by atoms with Crippen molar-refractivity contribution >= 4 is 15.9 Å². The van der Waals surface area contributed by atoms with Crippen molar-refractivity contribution in [2.24, 2.45) is 0 Å². The van der Waals surface area contributed by atoms with Crippen molar-refractivity contribution in [2.75, 3.05) is 13.2 Å². The maximum atomic E-state index is 5.58. The van der Waals surface area contributed by atoms with Crippen molar-refractivity contribution < 1.29 is 9.47 Å². The molecule has 0 amide bonds. The summed E-state index contributed by atoms with van der Waals surface area (Å²) in [5, 5.41) is 0.878. The first-order chi connectivity index (χ1) is 7.26. The lowest BCUT2D eigenvalue weighted by molar-refractivity contribution is 0.0402. The van der Waals surface area contributed by atoms with Gasteiger partial charge in [-0.15, -0.1) is 0 Å². The van der Waals surface area contributed by atoms with Gasteiger partial charge in [-0.2, -0.15) is 0 Å². The Morgan fingerprint density at radius 3 is 2.47 bits per heavy atom. The minimum Gasteiger partial charge on any atom is -0.491 e. The molecule has 0 radical (unpaired) electrons. The lowest BCUT2D eigenvalue weighted by Crippen LogP contribution is -2.17. The molecule has 0 bridgehead atoms. The number of halogens is 1. The molecule has 0 saturated heterocycles. The van der Waals surface area contributed by atoms with Crippen LogP contribution in [0, 0.1) is 0 Å². The molecular weight excluding hydrogens is 256 g/mol. The predicted molar refractivity (Wildman–Crippen MR) is 65.7 cm³/mol. The maximum absolute atomic E-state index is 5.58. The first-order valence-corrected chi connectivity index (χ1v) is 6.27. The first kappa shape index (κ1) is 12.5. The zero-order valence-electron chi connectivity index (χ0n) is 9.20. The molecule has 0 aliphatic rings. The van der Waals surface area contributed by atoms with E-state index in [2.05, 4.69) is 28.1 Å². The Labute approximate surface area is 99.7 Å². The second-order valence-electron chi connectivity index (χ2n) is 3.35. The maximum Gasteiger partial charge on any atom is 0.119 e. The second kappa shape index (κ2) is 6.85. The zero-order chi connectivity index (χ0) is 11.1.